The molecule has 3 aromatic rings. The Morgan fingerprint density at radius 2 is 1.90 bits per heavy atom. The zero-order valence-corrected chi connectivity index (χ0v) is 19.1. The molecule has 1 aromatic carbocycles. The first-order valence-electron chi connectivity index (χ1n) is 11.1. The van der Waals surface area contributed by atoms with E-state index < -0.39 is 0 Å². The average molecular weight is 455 g/mol. The monoisotopic (exact) mass is 454 g/mol. The van der Waals surface area contributed by atoms with E-state index in [-0.39, 0.29) is 0 Å². The van der Waals surface area contributed by atoms with E-state index in [9.17, 15) is 0 Å². The molecule has 0 unspecified atom stereocenters. The summed E-state index contributed by atoms with van der Waals surface area (Å²) in [7, 11) is 0. The van der Waals surface area contributed by atoms with Crippen molar-refractivity contribution in [2.24, 2.45) is 0 Å². The number of benzene rings is 1. The Bertz CT molecular complexity index is 1030. The molecule has 1 aliphatic carbocycles. The van der Waals surface area contributed by atoms with Gasteiger partial charge in [-0.15, -0.1) is 0 Å². The van der Waals surface area contributed by atoms with Crippen LogP contribution in [0.15, 0.2) is 36.5 Å². The highest BCUT2D eigenvalue weighted by molar-refractivity contribution is 7.19. The maximum Gasteiger partial charge on any atom is 0.223 e. The molecule has 8 heteroatoms. The van der Waals surface area contributed by atoms with Crippen molar-refractivity contribution in [3.8, 4) is 21.8 Å². The van der Waals surface area contributed by atoms with Gasteiger partial charge in [0.1, 0.15) is 0 Å². The minimum Gasteiger partial charge on any atom is -0.351 e. The molecule has 2 N–H and O–H groups in total. The molecule has 0 radical (unpaired) electrons. The van der Waals surface area contributed by atoms with E-state index in [0.717, 1.165) is 53.1 Å². The zero-order chi connectivity index (χ0) is 21.0. The van der Waals surface area contributed by atoms with Crippen molar-refractivity contribution in [3.05, 3.63) is 41.6 Å². The van der Waals surface area contributed by atoms with Crippen molar-refractivity contribution < 1.29 is 0 Å². The quantitative estimate of drug-likeness (QED) is 0.560. The highest BCUT2D eigenvalue weighted by Gasteiger charge is 2.22. The highest BCUT2D eigenvalue weighted by Crippen LogP contribution is 2.40. The van der Waals surface area contributed by atoms with Crippen LogP contribution in [0.1, 0.15) is 32.1 Å². The van der Waals surface area contributed by atoms with Gasteiger partial charge in [-0.1, -0.05) is 54.3 Å². The second kappa shape index (κ2) is 9.51. The molecule has 2 fully saturated rings. The Balaban J connectivity index is 1.51. The molecule has 2 aliphatic rings. The summed E-state index contributed by atoms with van der Waals surface area (Å²) in [6.45, 7) is 3.87. The molecular weight excluding hydrogens is 428 g/mol. The predicted molar refractivity (Wildman–Crippen MR) is 129 cm³/mol. The molecule has 162 valence electrons. The molecule has 31 heavy (non-hydrogen) atoms. The third-order valence-corrected chi connectivity index (χ3v) is 7.30. The first kappa shape index (κ1) is 20.7. The number of piperazine rings is 1. The Morgan fingerprint density at radius 3 is 2.71 bits per heavy atom. The molecule has 3 heterocycles. The summed E-state index contributed by atoms with van der Waals surface area (Å²) in [6, 6.07) is 10.4. The third kappa shape index (κ3) is 4.84. The fourth-order valence-corrected chi connectivity index (χ4v) is 5.59. The summed E-state index contributed by atoms with van der Waals surface area (Å²) in [6.07, 6.45) is 8.11. The van der Waals surface area contributed by atoms with Crippen LogP contribution in [-0.2, 0) is 0 Å². The van der Waals surface area contributed by atoms with Gasteiger partial charge < -0.3 is 15.5 Å². The lowest BCUT2D eigenvalue weighted by atomic mass is 9.96. The first-order valence-corrected chi connectivity index (χ1v) is 12.3. The molecule has 6 nitrogen and oxygen atoms in total. The minimum absolute atomic E-state index is 0.467. The van der Waals surface area contributed by atoms with Gasteiger partial charge in [0, 0.05) is 49.0 Å². The normalized spacial score (nSPS) is 17.6. The number of nitrogens with zero attached hydrogens (tertiary/aromatic N) is 4. The van der Waals surface area contributed by atoms with E-state index in [0.29, 0.717) is 17.0 Å². The summed E-state index contributed by atoms with van der Waals surface area (Å²) in [5.41, 5.74) is 2.85. The number of hydrogen-bond donors (Lipinski definition) is 2. The first-order chi connectivity index (χ1) is 15.3. The number of thiazole rings is 1. The molecule has 5 rings (SSSR count). The third-order valence-electron chi connectivity index (χ3n) is 5.93. The van der Waals surface area contributed by atoms with Crippen LogP contribution in [0.4, 0.5) is 11.1 Å². The number of anilines is 2. The van der Waals surface area contributed by atoms with Crippen molar-refractivity contribution >= 4 is 34.0 Å². The lowest BCUT2D eigenvalue weighted by Crippen LogP contribution is -2.43. The van der Waals surface area contributed by atoms with Crippen molar-refractivity contribution in [1.29, 1.82) is 0 Å². The summed E-state index contributed by atoms with van der Waals surface area (Å²) in [4.78, 5) is 17.8. The van der Waals surface area contributed by atoms with Crippen LogP contribution in [0.2, 0.25) is 5.02 Å². The number of aromatic nitrogens is 3. The summed E-state index contributed by atoms with van der Waals surface area (Å²) in [5.74, 6) is 0.707. The Kier molecular flexibility index (Phi) is 6.34. The SMILES string of the molecule is Clc1cccc(-c2nc(N3CCNCC3)sc2-c2ccnc(NC3CCCCC3)n2)c1. The van der Waals surface area contributed by atoms with Crippen molar-refractivity contribution in [3.63, 3.8) is 0 Å². The van der Waals surface area contributed by atoms with E-state index in [1.807, 2.05) is 30.5 Å². The van der Waals surface area contributed by atoms with E-state index in [2.05, 4.69) is 26.6 Å². The van der Waals surface area contributed by atoms with Gasteiger partial charge >= 0.3 is 0 Å². The molecular formula is C23H27ClN6S. The van der Waals surface area contributed by atoms with Crippen LogP contribution in [0.5, 0.6) is 0 Å². The summed E-state index contributed by atoms with van der Waals surface area (Å²) in [5, 5.41) is 8.71. The molecule has 2 aromatic heterocycles. The molecule has 0 spiro atoms. The number of nitrogens with one attached hydrogen (secondary N) is 2. The van der Waals surface area contributed by atoms with Crippen molar-refractivity contribution in [2.45, 2.75) is 38.1 Å². The number of halogens is 1. The standard InChI is InChI=1S/C23H27ClN6S/c24-17-6-4-5-16(15-17)20-21(31-23(29-20)30-13-11-25-12-14-30)19-9-10-26-22(28-19)27-18-7-2-1-3-8-18/h4-6,9-10,15,18,25H,1-3,7-8,11-14H2,(H,26,27,28). The Labute approximate surface area is 192 Å². The van der Waals surface area contributed by atoms with Crippen molar-refractivity contribution in [1.82, 2.24) is 20.3 Å². The van der Waals surface area contributed by atoms with Crippen LogP contribution in [0.25, 0.3) is 21.8 Å². The number of rotatable bonds is 5. The largest absolute Gasteiger partial charge is 0.351 e. The van der Waals surface area contributed by atoms with Crippen LogP contribution < -0.4 is 15.5 Å². The lowest BCUT2D eigenvalue weighted by molar-refractivity contribution is 0.461. The number of hydrogen-bond acceptors (Lipinski definition) is 7. The second-order valence-corrected chi connectivity index (χ2v) is 9.58. The van der Waals surface area contributed by atoms with Gasteiger partial charge in [-0.05, 0) is 31.0 Å². The Hall–Kier alpha value is -2.22. The van der Waals surface area contributed by atoms with E-state index in [1.165, 1.54) is 32.1 Å². The molecule has 1 aliphatic heterocycles. The molecule has 1 saturated heterocycles. The van der Waals surface area contributed by atoms with Gasteiger partial charge in [0.25, 0.3) is 0 Å². The summed E-state index contributed by atoms with van der Waals surface area (Å²) < 4.78 is 0. The lowest BCUT2D eigenvalue weighted by Gasteiger charge is -2.26. The zero-order valence-electron chi connectivity index (χ0n) is 17.5. The Morgan fingerprint density at radius 1 is 1.06 bits per heavy atom. The topological polar surface area (TPSA) is 66.0 Å². The van der Waals surface area contributed by atoms with E-state index in [1.54, 1.807) is 11.3 Å². The summed E-state index contributed by atoms with van der Waals surface area (Å²) >= 11 is 8.00. The van der Waals surface area contributed by atoms with Gasteiger partial charge in [0.2, 0.25) is 5.95 Å². The van der Waals surface area contributed by atoms with E-state index in [4.69, 9.17) is 21.6 Å². The smallest absolute Gasteiger partial charge is 0.223 e. The van der Waals surface area contributed by atoms with Crippen LogP contribution in [-0.4, -0.2) is 47.2 Å². The molecule has 0 amide bonds. The average Bonchev–Trinajstić information content (AvgIpc) is 3.26. The fraction of sp³-hybridized carbons (Fsp3) is 0.435. The predicted octanol–water partition coefficient (Wildman–Crippen LogP) is 5.07. The van der Waals surface area contributed by atoms with Crippen molar-refractivity contribution in [2.75, 3.05) is 36.4 Å². The van der Waals surface area contributed by atoms with E-state index >= 15 is 0 Å². The molecule has 0 atom stereocenters. The van der Waals surface area contributed by atoms with Crippen LogP contribution in [0, 0.1) is 0 Å². The fourth-order valence-electron chi connectivity index (χ4n) is 4.29. The van der Waals surface area contributed by atoms with Gasteiger partial charge in [-0.3, -0.25) is 0 Å². The van der Waals surface area contributed by atoms with Crippen LogP contribution in [0.3, 0.4) is 0 Å². The second-order valence-electron chi connectivity index (χ2n) is 8.17. The maximum atomic E-state index is 6.30. The van der Waals surface area contributed by atoms with Gasteiger partial charge in [0.15, 0.2) is 5.13 Å². The maximum absolute atomic E-state index is 6.30. The van der Waals surface area contributed by atoms with Gasteiger partial charge in [0.05, 0.1) is 16.3 Å². The molecule has 0 bridgehead atoms. The molecule has 1 saturated carbocycles. The van der Waals surface area contributed by atoms with Gasteiger partial charge in [-0.2, -0.15) is 0 Å². The van der Waals surface area contributed by atoms with Crippen LogP contribution >= 0.6 is 22.9 Å². The van der Waals surface area contributed by atoms with Gasteiger partial charge in [-0.25, -0.2) is 15.0 Å². The minimum atomic E-state index is 0.467. The highest BCUT2D eigenvalue weighted by atomic mass is 35.5.